The number of aliphatic hydroxyl groups excluding tert-OH is 1. The highest BCUT2D eigenvalue weighted by atomic mass is 16.3. The van der Waals surface area contributed by atoms with E-state index in [-0.39, 0.29) is 0 Å². The molecule has 1 unspecified atom stereocenters. The third-order valence-corrected chi connectivity index (χ3v) is 0.904. The zero-order chi connectivity index (χ0) is 7.40. The van der Waals surface area contributed by atoms with Crippen LogP contribution in [0, 0.1) is 0 Å². The Kier molecular flexibility index (Phi) is 2.17. The van der Waals surface area contributed by atoms with Crippen LogP contribution < -0.4 is 5.32 Å². The van der Waals surface area contributed by atoms with Crippen LogP contribution in [0.4, 0.5) is 5.95 Å². The Labute approximate surface area is 58.9 Å². The van der Waals surface area contributed by atoms with E-state index in [2.05, 4.69) is 15.3 Å². The van der Waals surface area contributed by atoms with Crippen LogP contribution in [0.1, 0.15) is 6.92 Å². The van der Waals surface area contributed by atoms with E-state index in [0.29, 0.717) is 5.95 Å². The summed E-state index contributed by atoms with van der Waals surface area (Å²) in [7, 11) is 0. The van der Waals surface area contributed by atoms with Crippen LogP contribution >= 0.6 is 0 Å². The van der Waals surface area contributed by atoms with Gasteiger partial charge in [0.15, 0.2) is 0 Å². The van der Waals surface area contributed by atoms with Crippen molar-refractivity contribution in [3.8, 4) is 0 Å². The molecule has 2 N–H and O–H groups in total. The Bertz CT molecular complexity index is 187. The summed E-state index contributed by atoms with van der Waals surface area (Å²) >= 11 is 0. The van der Waals surface area contributed by atoms with E-state index in [1.165, 1.54) is 0 Å². The van der Waals surface area contributed by atoms with Gasteiger partial charge in [-0.3, -0.25) is 0 Å². The van der Waals surface area contributed by atoms with Gasteiger partial charge in [-0.05, 0) is 13.0 Å². The summed E-state index contributed by atoms with van der Waals surface area (Å²) in [5, 5.41) is 11.5. The molecule has 1 heterocycles. The number of hydrogen-bond donors (Lipinski definition) is 2. The van der Waals surface area contributed by atoms with Crippen LogP contribution in [0.5, 0.6) is 0 Å². The first-order chi connectivity index (χ1) is 4.79. The van der Waals surface area contributed by atoms with Crippen molar-refractivity contribution in [2.45, 2.75) is 13.2 Å². The first-order valence-electron chi connectivity index (χ1n) is 3.00. The highest BCUT2D eigenvalue weighted by Gasteiger charge is 1.94. The lowest BCUT2D eigenvalue weighted by Gasteiger charge is -2.04. The van der Waals surface area contributed by atoms with Gasteiger partial charge in [-0.2, -0.15) is 0 Å². The normalized spacial score (nSPS) is 12.6. The molecule has 1 atom stereocenters. The second-order valence-electron chi connectivity index (χ2n) is 1.89. The van der Waals surface area contributed by atoms with E-state index < -0.39 is 6.23 Å². The first-order valence-corrected chi connectivity index (χ1v) is 3.00. The van der Waals surface area contributed by atoms with Gasteiger partial charge < -0.3 is 10.4 Å². The molecule has 0 aliphatic heterocycles. The Morgan fingerprint density at radius 1 is 1.50 bits per heavy atom. The Hall–Kier alpha value is -1.16. The van der Waals surface area contributed by atoms with Crippen LogP contribution in [-0.4, -0.2) is 21.3 Å². The summed E-state index contributed by atoms with van der Waals surface area (Å²) in [6, 6.07) is 1.72. The minimum Gasteiger partial charge on any atom is -0.374 e. The van der Waals surface area contributed by atoms with Gasteiger partial charge in [0.1, 0.15) is 6.23 Å². The summed E-state index contributed by atoms with van der Waals surface area (Å²) < 4.78 is 0. The standard InChI is InChI=1S/C6H9N3O/c1-5(10)9-6-7-3-2-4-8-6/h2-5,10H,1H3,(H,7,8,9). The van der Waals surface area contributed by atoms with E-state index in [4.69, 9.17) is 5.11 Å². The molecule has 0 bridgehead atoms. The minimum absolute atomic E-state index is 0.442. The lowest BCUT2D eigenvalue weighted by atomic mass is 10.6. The monoisotopic (exact) mass is 139 g/mol. The molecular weight excluding hydrogens is 130 g/mol. The molecule has 0 fully saturated rings. The van der Waals surface area contributed by atoms with Crippen molar-refractivity contribution >= 4 is 5.95 Å². The molecular formula is C6H9N3O. The number of hydrogen-bond acceptors (Lipinski definition) is 4. The summed E-state index contributed by atoms with van der Waals surface area (Å²) in [5.41, 5.74) is 0. The summed E-state index contributed by atoms with van der Waals surface area (Å²) in [6.45, 7) is 1.61. The third-order valence-electron chi connectivity index (χ3n) is 0.904. The predicted octanol–water partition coefficient (Wildman–Crippen LogP) is 0.227. The number of nitrogens with one attached hydrogen (secondary N) is 1. The van der Waals surface area contributed by atoms with Gasteiger partial charge in [0.05, 0.1) is 0 Å². The molecule has 54 valence electrons. The largest absolute Gasteiger partial charge is 0.374 e. The number of anilines is 1. The van der Waals surface area contributed by atoms with Crippen LogP contribution in [-0.2, 0) is 0 Å². The minimum atomic E-state index is -0.609. The molecule has 0 aliphatic carbocycles. The summed E-state index contributed by atoms with van der Waals surface area (Å²) in [6.07, 6.45) is 2.61. The fraction of sp³-hybridized carbons (Fsp3) is 0.333. The first kappa shape index (κ1) is 6.95. The highest BCUT2D eigenvalue weighted by molar-refractivity contribution is 5.21. The van der Waals surface area contributed by atoms with Gasteiger partial charge in [0.25, 0.3) is 0 Å². The molecule has 0 amide bonds. The second kappa shape index (κ2) is 3.12. The molecule has 10 heavy (non-hydrogen) atoms. The van der Waals surface area contributed by atoms with Crippen molar-refractivity contribution in [3.05, 3.63) is 18.5 Å². The quantitative estimate of drug-likeness (QED) is 0.576. The highest BCUT2D eigenvalue weighted by Crippen LogP contribution is 1.94. The molecule has 4 heteroatoms. The maximum Gasteiger partial charge on any atom is 0.224 e. The lowest BCUT2D eigenvalue weighted by molar-refractivity contribution is 0.223. The molecule has 4 nitrogen and oxygen atoms in total. The SMILES string of the molecule is CC(O)Nc1ncccn1. The van der Waals surface area contributed by atoms with Crippen LogP contribution in [0.15, 0.2) is 18.5 Å². The average molecular weight is 139 g/mol. The predicted molar refractivity (Wildman–Crippen MR) is 37.3 cm³/mol. The number of nitrogens with zero attached hydrogens (tertiary/aromatic N) is 2. The van der Waals surface area contributed by atoms with Crippen molar-refractivity contribution in [1.29, 1.82) is 0 Å². The van der Waals surface area contributed by atoms with Crippen LogP contribution in [0.3, 0.4) is 0 Å². The van der Waals surface area contributed by atoms with Crippen molar-refractivity contribution in [1.82, 2.24) is 9.97 Å². The van der Waals surface area contributed by atoms with Gasteiger partial charge in [-0.15, -0.1) is 0 Å². The van der Waals surface area contributed by atoms with E-state index >= 15 is 0 Å². The van der Waals surface area contributed by atoms with Gasteiger partial charge in [-0.25, -0.2) is 9.97 Å². The van der Waals surface area contributed by atoms with Crippen molar-refractivity contribution in [2.75, 3.05) is 5.32 Å². The maximum atomic E-state index is 8.81. The zero-order valence-electron chi connectivity index (χ0n) is 5.65. The molecule has 0 spiro atoms. The van der Waals surface area contributed by atoms with Crippen molar-refractivity contribution in [3.63, 3.8) is 0 Å². The third kappa shape index (κ3) is 1.99. The molecule has 1 aromatic rings. The topological polar surface area (TPSA) is 58.0 Å². The van der Waals surface area contributed by atoms with Gasteiger partial charge in [0.2, 0.25) is 5.95 Å². The number of rotatable bonds is 2. The molecule has 1 aromatic heterocycles. The van der Waals surface area contributed by atoms with E-state index in [9.17, 15) is 0 Å². The van der Waals surface area contributed by atoms with E-state index in [1.807, 2.05) is 0 Å². The molecule has 0 radical (unpaired) electrons. The summed E-state index contributed by atoms with van der Waals surface area (Å²) in [4.78, 5) is 7.67. The molecule has 0 aliphatic rings. The fourth-order valence-corrected chi connectivity index (χ4v) is 0.560. The molecule has 0 aromatic carbocycles. The van der Waals surface area contributed by atoms with Gasteiger partial charge in [-0.1, -0.05) is 0 Å². The molecule has 1 rings (SSSR count). The van der Waals surface area contributed by atoms with Crippen LogP contribution in [0.2, 0.25) is 0 Å². The van der Waals surface area contributed by atoms with Gasteiger partial charge in [0, 0.05) is 12.4 Å². The lowest BCUT2D eigenvalue weighted by Crippen LogP contribution is -2.15. The molecule has 0 saturated heterocycles. The van der Waals surface area contributed by atoms with E-state index in [0.717, 1.165) is 0 Å². The van der Waals surface area contributed by atoms with Crippen LogP contribution in [0.25, 0.3) is 0 Å². The van der Waals surface area contributed by atoms with Crippen molar-refractivity contribution in [2.24, 2.45) is 0 Å². The fourth-order valence-electron chi connectivity index (χ4n) is 0.560. The average Bonchev–Trinajstić information content (AvgIpc) is 1.88. The van der Waals surface area contributed by atoms with Gasteiger partial charge >= 0.3 is 0 Å². The maximum absolute atomic E-state index is 8.81. The Morgan fingerprint density at radius 3 is 2.60 bits per heavy atom. The van der Waals surface area contributed by atoms with E-state index in [1.54, 1.807) is 25.4 Å². The number of aliphatic hydroxyl groups is 1. The molecule has 0 saturated carbocycles. The Morgan fingerprint density at radius 2 is 2.10 bits per heavy atom. The number of aromatic nitrogens is 2. The zero-order valence-corrected chi connectivity index (χ0v) is 5.65. The smallest absolute Gasteiger partial charge is 0.224 e. The van der Waals surface area contributed by atoms with Crippen molar-refractivity contribution < 1.29 is 5.11 Å². The summed E-state index contributed by atoms with van der Waals surface area (Å²) in [5.74, 6) is 0.442. The second-order valence-corrected chi connectivity index (χ2v) is 1.89. The Balaban J connectivity index is 2.59.